The van der Waals surface area contributed by atoms with Crippen molar-refractivity contribution in [1.82, 2.24) is 0 Å². The van der Waals surface area contributed by atoms with E-state index in [1.54, 1.807) is 18.2 Å². The van der Waals surface area contributed by atoms with E-state index in [-0.39, 0.29) is 0 Å². The van der Waals surface area contributed by atoms with E-state index in [4.69, 9.17) is 10.2 Å². The molecule has 0 aliphatic rings. The molecule has 6 aromatic carbocycles. The number of aromatic carboxylic acids is 1. The van der Waals surface area contributed by atoms with Crippen LogP contribution in [0.1, 0.15) is 27.0 Å². The van der Waals surface area contributed by atoms with Crippen molar-refractivity contribution in [2.75, 3.05) is 0 Å². The van der Waals surface area contributed by atoms with Crippen LogP contribution in [-0.4, -0.2) is 22.2 Å². The SMILES string of the molecule is Cc1ccc(C(=O)O)cc1-c1ccc2ccccc2c1.Cc1ccc2ccccc2c1-c1cccc(/C=C/C(=O)O)c1. The zero-order valence-electron chi connectivity index (χ0n) is 23.4. The van der Waals surface area contributed by atoms with Gasteiger partial charge in [-0.3, -0.25) is 0 Å². The topological polar surface area (TPSA) is 74.6 Å². The van der Waals surface area contributed by atoms with Crippen molar-refractivity contribution < 1.29 is 19.8 Å². The average Bonchev–Trinajstić information content (AvgIpc) is 3.00. The number of fused-ring (bicyclic) bond motifs is 2. The Morgan fingerprint density at radius 2 is 1.29 bits per heavy atom. The van der Waals surface area contributed by atoms with Crippen LogP contribution in [0.15, 0.2) is 127 Å². The van der Waals surface area contributed by atoms with E-state index >= 15 is 0 Å². The predicted octanol–water partition coefficient (Wildman–Crippen LogP) is 9.43. The molecule has 0 bridgehead atoms. The van der Waals surface area contributed by atoms with Gasteiger partial charge < -0.3 is 10.2 Å². The molecular formula is C38H30O4. The summed E-state index contributed by atoms with van der Waals surface area (Å²) < 4.78 is 0. The maximum Gasteiger partial charge on any atom is 0.335 e. The molecule has 6 rings (SSSR count). The molecular weight excluding hydrogens is 520 g/mol. The Morgan fingerprint density at radius 3 is 2.05 bits per heavy atom. The van der Waals surface area contributed by atoms with Gasteiger partial charge in [0.05, 0.1) is 5.56 Å². The standard InChI is InChI=1S/C20H16O2.C18H14O2/c1-14-9-11-16-6-2-3-8-18(16)20(14)17-7-4-5-15(13-17)10-12-19(21)22;1-12-6-7-16(18(19)20)11-17(12)15-9-8-13-4-2-3-5-14(13)10-15/h2-13H,1H3,(H,21,22);2-11H,1H3,(H,19,20)/b12-10+;. The fourth-order valence-electron chi connectivity index (χ4n) is 5.15. The third-order valence-electron chi connectivity index (χ3n) is 7.28. The highest BCUT2D eigenvalue weighted by Crippen LogP contribution is 2.32. The first-order valence-corrected chi connectivity index (χ1v) is 13.6. The smallest absolute Gasteiger partial charge is 0.335 e. The lowest BCUT2D eigenvalue weighted by Gasteiger charge is -2.11. The zero-order valence-corrected chi connectivity index (χ0v) is 23.4. The molecule has 0 atom stereocenters. The first kappa shape index (κ1) is 28.1. The Balaban J connectivity index is 0.000000169. The highest BCUT2D eigenvalue weighted by molar-refractivity contribution is 5.98. The lowest BCUT2D eigenvalue weighted by atomic mass is 9.93. The number of carboxylic acids is 2. The maximum atomic E-state index is 11.1. The molecule has 4 heteroatoms. The molecule has 0 heterocycles. The maximum absolute atomic E-state index is 11.1. The van der Waals surface area contributed by atoms with Gasteiger partial charge in [-0.25, -0.2) is 9.59 Å². The minimum Gasteiger partial charge on any atom is -0.478 e. The van der Waals surface area contributed by atoms with Crippen LogP contribution >= 0.6 is 0 Å². The van der Waals surface area contributed by atoms with Crippen LogP contribution in [0.4, 0.5) is 0 Å². The van der Waals surface area contributed by atoms with Gasteiger partial charge in [0.25, 0.3) is 0 Å². The molecule has 0 unspecified atom stereocenters. The number of aliphatic carboxylic acids is 1. The first-order chi connectivity index (χ1) is 20.3. The molecule has 42 heavy (non-hydrogen) atoms. The van der Waals surface area contributed by atoms with Crippen molar-refractivity contribution in [1.29, 1.82) is 0 Å². The van der Waals surface area contributed by atoms with Crippen LogP contribution in [0.5, 0.6) is 0 Å². The second-order valence-corrected chi connectivity index (χ2v) is 10.2. The summed E-state index contributed by atoms with van der Waals surface area (Å²) >= 11 is 0. The number of carboxylic acid groups (broad SMARTS) is 2. The number of aryl methyl sites for hydroxylation is 2. The van der Waals surface area contributed by atoms with Crippen LogP contribution in [0.3, 0.4) is 0 Å². The van der Waals surface area contributed by atoms with Crippen LogP contribution in [0.25, 0.3) is 49.9 Å². The molecule has 0 aliphatic carbocycles. The van der Waals surface area contributed by atoms with Gasteiger partial charge >= 0.3 is 11.9 Å². The second kappa shape index (κ2) is 12.4. The van der Waals surface area contributed by atoms with Crippen LogP contribution in [0, 0.1) is 13.8 Å². The monoisotopic (exact) mass is 550 g/mol. The molecule has 4 nitrogen and oxygen atoms in total. The third-order valence-corrected chi connectivity index (χ3v) is 7.28. The summed E-state index contributed by atoms with van der Waals surface area (Å²) in [5, 5.41) is 22.6. The van der Waals surface area contributed by atoms with Gasteiger partial charge in [-0.2, -0.15) is 0 Å². The quantitative estimate of drug-likeness (QED) is 0.210. The normalized spacial score (nSPS) is 10.9. The van der Waals surface area contributed by atoms with Crippen molar-refractivity contribution in [2.24, 2.45) is 0 Å². The summed E-state index contributed by atoms with van der Waals surface area (Å²) in [6, 6.07) is 40.1. The zero-order chi connectivity index (χ0) is 29.6. The lowest BCUT2D eigenvalue weighted by molar-refractivity contribution is -0.131. The Kier molecular flexibility index (Phi) is 8.26. The van der Waals surface area contributed by atoms with Crippen LogP contribution in [-0.2, 0) is 4.79 Å². The van der Waals surface area contributed by atoms with Crippen LogP contribution < -0.4 is 0 Å². The van der Waals surface area contributed by atoms with Crippen molar-refractivity contribution in [3.63, 3.8) is 0 Å². The van der Waals surface area contributed by atoms with Crippen molar-refractivity contribution in [2.45, 2.75) is 13.8 Å². The summed E-state index contributed by atoms with van der Waals surface area (Å²) in [5.74, 6) is -1.83. The summed E-state index contributed by atoms with van der Waals surface area (Å²) in [7, 11) is 0. The third kappa shape index (κ3) is 6.29. The molecule has 206 valence electrons. The molecule has 2 N–H and O–H groups in total. The Morgan fingerprint density at radius 1 is 0.595 bits per heavy atom. The minimum absolute atomic E-state index is 0.318. The molecule has 0 saturated carbocycles. The van der Waals surface area contributed by atoms with E-state index in [9.17, 15) is 9.59 Å². The van der Waals surface area contributed by atoms with Crippen molar-refractivity contribution in [3.8, 4) is 22.3 Å². The van der Waals surface area contributed by atoms with Gasteiger partial charge in [0.2, 0.25) is 0 Å². The fraction of sp³-hybridized carbons (Fsp3) is 0.0526. The molecule has 0 fully saturated rings. The summed E-state index contributed by atoms with van der Waals surface area (Å²) in [5.41, 5.74) is 7.79. The molecule has 0 aromatic heterocycles. The summed E-state index contributed by atoms with van der Waals surface area (Å²) in [6.07, 6.45) is 2.78. The molecule has 0 spiro atoms. The van der Waals surface area contributed by atoms with E-state index < -0.39 is 11.9 Å². The van der Waals surface area contributed by atoms with E-state index in [1.807, 2.05) is 61.5 Å². The number of hydrogen-bond donors (Lipinski definition) is 2. The van der Waals surface area contributed by atoms with Gasteiger partial charge in [0.15, 0.2) is 0 Å². The predicted molar refractivity (Wildman–Crippen MR) is 172 cm³/mol. The van der Waals surface area contributed by atoms with Crippen LogP contribution in [0.2, 0.25) is 0 Å². The molecule has 0 amide bonds. The second-order valence-electron chi connectivity index (χ2n) is 10.2. The first-order valence-electron chi connectivity index (χ1n) is 13.6. The molecule has 0 aliphatic heterocycles. The largest absolute Gasteiger partial charge is 0.478 e. The van der Waals surface area contributed by atoms with E-state index in [0.29, 0.717) is 5.56 Å². The number of rotatable bonds is 5. The van der Waals surface area contributed by atoms with Gasteiger partial charge in [0.1, 0.15) is 0 Å². The summed E-state index contributed by atoms with van der Waals surface area (Å²) in [4.78, 5) is 21.8. The van der Waals surface area contributed by atoms with E-state index in [0.717, 1.165) is 39.3 Å². The highest BCUT2D eigenvalue weighted by Gasteiger charge is 2.09. The fourth-order valence-corrected chi connectivity index (χ4v) is 5.15. The Bertz CT molecular complexity index is 1970. The number of hydrogen-bond acceptors (Lipinski definition) is 2. The van der Waals surface area contributed by atoms with Gasteiger partial charge in [-0.05, 0) is 105 Å². The minimum atomic E-state index is -0.938. The van der Waals surface area contributed by atoms with Crippen molar-refractivity contribution in [3.05, 3.63) is 150 Å². The Hall–Kier alpha value is -5.48. The van der Waals surface area contributed by atoms with Crippen molar-refractivity contribution >= 4 is 39.6 Å². The van der Waals surface area contributed by atoms with Gasteiger partial charge in [0, 0.05) is 6.08 Å². The van der Waals surface area contributed by atoms with E-state index in [1.165, 1.54) is 27.3 Å². The van der Waals surface area contributed by atoms with Gasteiger partial charge in [-0.1, -0.05) is 97.1 Å². The van der Waals surface area contributed by atoms with E-state index in [2.05, 4.69) is 61.5 Å². The highest BCUT2D eigenvalue weighted by atomic mass is 16.4. The Labute approximate surface area is 244 Å². The lowest BCUT2D eigenvalue weighted by Crippen LogP contribution is -1.97. The molecule has 0 saturated heterocycles. The summed E-state index contributed by atoms with van der Waals surface area (Å²) in [6.45, 7) is 4.09. The molecule has 0 radical (unpaired) electrons. The molecule has 6 aromatic rings. The number of carbonyl (C=O) groups is 2. The average molecular weight is 551 g/mol. The van der Waals surface area contributed by atoms with Gasteiger partial charge in [-0.15, -0.1) is 0 Å². The number of benzene rings is 6.